The molecule has 1 aliphatic rings. The molecule has 0 amide bonds. The van der Waals surface area contributed by atoms with Crippen LogP contribution in [0.15, 0.2) is 12.7 Å². The van der Waals surface area contributed by atoms with Crippen LogP contribution in [0.2, 0.25) is 0 Å². The minimum absolute atomic E-state index is 0.0311. The van der Waals surface area contributed by atoms with Crippen LogP contribution in [0, 0.1) is 0 Å². The third-order valence-electron chi connectivity index (χ3n) is 2.09. The topological polar surface area (TPSA) is 96.2 Å². The molecule has 3 N–H and O–H groups in total. The number of ether oxygens (including phenoxy) is 1. The van der Waals surface area contributed by atoms with Gasteiger partial charge in [-0.15, -0.1) is 6.58 Å². The molecule has 6 nitrogen and oxygen atoms in total. The SMILES string of the molecule is C=CCO[PH](=O)[C@]1(O)C[C@H](O)[C@@H](CO)O1. The van der Waals surface area contributed by atoms with Crippen LogP contribution in [-0.4, -0.2) is 46.3 Å². The Morgan fingerprint density at radius 1 is 1.73 bits per heavy atom. The molecule has 1 heterocycles. The van der Waals surface area contributed by atoms with Crippen molar-refractivity contribution in [3.8, 4) is 0 Å². The molecule has 0 aromatic rings. The summed E-state index contributed by atoms with van der Waals surface area (Å²) in [5.41, 5.74) is -1.99. The van der Waals surface area contributed by atoms with E-state index in [4.69, 9.17) is 14.4 Å². The smallest absolute Gasteiger partial charge is 0.249 e. The van der Waals surface area contributed by atoms with Crippen molar-refractivity contribution in [2.24, 2.45) is 0 Å². The molecular weight excluding hydrogens is 223 g/mol. The lowest BCUT2D eigenvalue weighted by molar-refractivity contribution is -0.144. The van der Waals surface area contributed by atoms with Crippen LogP contribution in [0.3, 0.4) is 0 Å². The van der Waals surface area contributed by atoms with Crippen molar-refractivity contribution >= 4 is 8.03 Å². The van der Waals surface area contributed by atoms with E-state index >= 15 is 0 Å². The van der Waals surface area contributed by atoms with Crippen molar-refractivity contribution in [3.05, 3.63) is 12.7 Å². The molecule has 0 bridgehead atoms. The number of aliphatic hydroxyl groups is 3. The normalized spacial score (nSPS) is 37.8. The number of rotatable bonds is 5. The Morgan fingerprint density at radius 2 is 2.40 bits per heavy atom. The number of hydrogen-bond acceptors (Lipinski definition) is 6. The van der Waals surface area contributed by atoms with Gasteiger partial charge < -0.3 is 24.6 Å². The lowest BCUT2D eigenvalue weighted by Gasteiger charge is -2.21. The van der Waals surface area contributed by atoms with Crippen molar-refractivity contribution in [2.75, 3.05) is 13.2 Å². The molecule has 4 atom stereocenters. The predicted octanol–water partition coefficient (Wildman–Crippen LogP) is -0.548. The van der Waals surface area contributed by atoms with Gasteiger partial charge in [-0.25, -0.2) is 0 Å². The van der Waals surface area contributed by atoms with Gasteiger partial charge >= 0.3 is 0 Å². The maximum absolute atomic E-state index is 11.5. The van der Waals surface area contributed by atoms with Crippen molar-refractivity contribution < 1.29 is 29.1 Å². The molecule has 0 aromatic heterocycles. The van der Waals surface area contributed by atoms with Crippen LogP contribution in [0.4, 0.5) is 0 Å². The highest BCUT2D eigenvalue weighted by atomic mass is 31.1. The molecule has 0 saturated carbocycles. The molecule has 88 valence electrons. The Labute approximate surface area is 88.0 Å². The van der Waals surface area contributed by atoms with Crippen molar-refractivity contribution in [3.63, 3.8) is 0 Å². The summed E-state index contributed by atoms with van der Waals surface area (Å²) in [7, 11) is -2.86. The zero-order valence-corrected chi connectivity index (χ0v) is 9.13. The highest BCUT2D eigenvalue weighted by Crippen LogP contribution is 2.47. The zero-order valence-electron chi connectivity index (χ0n) is 8.13. The molecule has 1 saturated heterocycles. The second-order valence-electron chi connectivity index (χ2n) is 3.28. The van der Waals surface area contributed by atoms with Crippen LogP contribution >= 0.6 is 8.03 Å². The van der Waals surface area contributed by atoms with Gasteiger partial charge in [-0.1, -0.05) is 6.08 Å². The van der Waals surface area contributed by atoms with Crippen LogP contribution < -0.4 is 0 Å². The summed E-state index contributed by atoms with van der Waals surface area (Å²) in [6, 6.07) is 0. The molecular formula is C8H15O6P. The van der Waals surface area contributed by atoms with E-state index < -0.39 is 32.4 Å². The van der Waals surface area contributed by atoms with Crippen LogP contribution in [0.25, 0.3) is 0 Å². The highest BCUT2D eigenvalue weighted by molar-refractivity contribution is 7.40. The van der Waals surface area contributed by atoms with Gasteiger partial charge in [0.15, 0.2) is 0 Å². The van der Waals surface area contributed by atoms with Crippen LogP contribution in [0.5, 0.6) is 0 Å². The first kappa shape index (κ1) is 12.8. The largest absolute Gasteiger partial charge is 0.394 e. The van der Waals surface area contributed by atoms with E-state index in [1.165, 1.54) is 6.08 Å². The first-order valence-electron chi connectivity index (χ1n) is 4.50. The Morgan fingerprint density at radius 3 is 2.87 bits per heavy atom. The van der Waals surface area contributed by atoms with E-state index in [0.717, 1.165) is 0 Å². The van der Waals surface area contributed by atoms with E-state index in [-0.39, 0.29) is 13.0 Å². The summed E-state index contributed by atoms with van der Waals surface area (Å²) >= 11 is 0. The first-order chi connectivity index (χ1) is 7.03. The van der Waals surface area contributed by atoms with Gasteiger partial charge in [0, 0.05) is 6.42 Å². The monoisotopic (exact) mass is 238 g/mol. The molecule has 0 radical (unpaired) electrons. The molecule has 1 aliphatic heterocycles. The molecule has 1 fully saturated rings. The predicted molar refractivity (Wildman–Crippen MR) is 52.7 cm³/mol. The van der Waals surface area contributed by atoms with Gasteiger partial charge in [-0.2, -0.15) is 0 Å². The summed E-state index contributed by atoms with van der Waals surface area (Å²) in [6.45, 7) is 2.96. The summed E-state index contributed by atoms with van der Waals surface area (Å²) in [5.74, 6) is 0. The van der Waals surface area contributed by atoms with Crippen LogP contribution in [0.1, 0.15) is 6.42 Å². The van der Waals surface area contributed by atoms with Gasteiger partial charge in [0.25, 0.3) is 0 Å². The van der Waals surface area contributed by atoms with Crippen molar-refractivity contribution in [2.45, 2.75) is 24.2 Å². The van der Waals surface area contributed by atoms with E-state index in [2.05, 4.69) is 6.58 Å². The Kier molecular flexibility index (Phi) is 4.45. The Hall–Kier alpha value is -0.230. The maximum Gasteiger partial charge on any atom is 0.249 e. The first-order valence-corrected chi connectivity index (χ1v) is 5.82. The van der Waals surface area contributed by atoms with Gasteiger partial charge in [0.2, 0.25) is 13.6 Å². The fourth-order valence-electron chi connectivity index (χ4n) is 1.33. The second kappa shape index (κ2) is 5.21. The molecule has 1 unspecified atom stereocenters. The summed E-state index contributed by atoms with van der Waals surface area (Å²) < 4.78 is 21.2. The Bertz CT molecular complexity index is 258. The summed E-state index contributed by atoms with van der Waals surface area (Å²) in [6.07, 6.45) is -0.800. The lowest BCUT2D eigenvalue weighted by Crippen LogP contribution is -2.27. The highest BCUT2D eigenvalue weighted by Gasteiger charge is 2.49. The third-order valence-corrected chi connectivity index (χ3v) is 3.48. The number of hydrogen-bond donors (Lipinski definition) is 3. The molecule has 1 rings (SSSR count). The molecule has 0 spiro atoms. The third kappa shape index (κ3) is 2.87. The lowest BCUT2D eigenvalue weighted by atomic mass is 10.2. The molecule has 0 aromatic carbocycles. The Balaban J connectivity index is 2.60. The minimum Gasteiger partial charge on any atom is -0.394 e. The van der Waals surface area contributed by atoms with Crippen molar-refractivity contribution in [1.82, 2.24) is 0 Å². The fourth-order valence-corrected chi connectivity index (χ4v) is 2.45. The average molecular weight is 238 g/mol. The summed E-state index contributed by atoms with van der Waals surface area (Å²) in [4.78, 5) is 0. The van der Waals surface area contributed by atoms with E-state index in [0.29, 0.717) is 0 Å². The van der Waals surface area contributed by atoms with E-state index in [1.807, 2.05) is 0 Å². The minimum atomic E-state index is -2.86. The van der Waals surface area contributed by atoms with Crippen LogP contribution in [-0.2, 0) is 13.8 Å². The molecule has 15 heavy (non-hydrogen) atoms. The van der Waals surface area contributed by atoms with E-state index in [9.17, 15) is 14.8 Å². The van der Waals surface area contributed by atoms with Gasteiger partial charge in [0.05, 0.1) is 19.3 Å². The van der Waals surface area contributed by atoms with Gasteiger partial charge in [-0.3, -0.25) is 4.57 Å². The quantitative estimate of drug-likeness (QED) is 0.439. The average Bonchev–Trinajstić information content (AvgIpc) is 2.51. The molecule has 0 aliphatic carbocycles. The standard InChI is InChI=1S/C8H15O6P/c1-2-3-13-15(12)8(11)4-6(10)7(5-9)14-8/h2,6-7,9-11,15H,1,3-5H2/t6-,7+,8-/m0/s1. The zero-order chi connectivity index (χ0) is 11.5. The van der Waals surface area contributed by atoms with Gasteiger partial charge in [0.1, 0.15) is 6.10 Å². The fraction of sp³-hybridized carbons (Fsp3) is 0.750. The summed E-state index contributed by atoms with van der Waals surface area (Å²) in [5, 5.41) is 27.9. The number of aliphatic hydroxyl groups excluding tert-OH is 2. The molecule has 7 heteroatoms. The van der Waals surface area contributed by atoms with E-state index in [1.54, 1.807) is 0 Å². The second-order valence-corrected chi connectivity index (χ2v) is 4.93. The van der Waals surface area contributed by atoms with Gasteiger partial charge in [-0.05, 0) is 0 Å². The van der Waals surface area contributed by atoms with Crippen molar-refractivity contribution in [1.29, 1.82) is 0 Å². The maximum atomic E-state index is 11.5.